The third kappa shape index (κ3) is 4.43. The van der Waals surface area contributed by atoms with Crippen molar-refractivity contribution in [3.05, 3.63) is 59.0 Å². The Labute approximate surface area is 184 Å². The Morgan fingerprint density at radius 2 is 2.10 bits per heavy atom. The van der Waals surface area contributed by atoms with E-state index in [-0.39, 0.29) is 11.0 Å². The molecule has 4 heterocycles. The Kier molecular flexibility index (Phi) is 6.24. The zero-order valence-electron chi connectivity index (χ0n) is 18.6. The molecule has 0 saturated carbocycles. The predicted molar refractivity (Wildman–Crippen MR) is 125 cm³/mol. The zero-order chi connectivity index (χ0) is 21.2. The van der Waals surface area contributed by atoms with Crippen LogP contribution in [0.1, 0.15) is 49.7 Å². The molecule has 4 rings (SSSR count). The van der Waals surface area contributed by atoms with Gasteiger partial charge in [0.15, 0.2) is 0 Å². The molecule has 1 aliphatic rings. The van der Waals surface area contributed by atoms with Crippen LogP contribution in [0.2, 0.25) is 0 Å². The van der Waals surface area contributed by atoms with Gasteiger partial charge in [-0.1, -0.05) is 6.07 Å². The molecular weight excluding hydrogens is 390 g/mol. The molecule has 30 heavy (non-hydrogen) atoms. The molecule has 160 valence electrons. The molecule has 1 fully saturated rings. The second kappa shape index (κ2) is 8.74. The number of thiophene rings is 1. The summed E-state index contributed by atoms with van der Waals surface area (Å²) in [4.78, 5) is 12.9. The standard InChI is InChI=1S/C25H33N3OS/c1-5-29-18-25(10-8-22-14-20-9-12-26-16-23(20)30-22)11-13-28(17-25)24(3,4)21-7-6-19(2)27-15-21/h6-7,9,12,14-16H,5,8,10-11,13,17-18H2,1-4H3. The minimum absolute atomic E-state index is 0.0298. The van der Waals surface area contributed by atoms with Crippen LogP contribution in [0, 0.1) is 12.3 Å². The lowest BCUT2D eigenvalue weighted by Gasteiger charge is -2.38. The molecule has 0 N–H and O–H groups in total. The van der Waals surface area contributed by atoms with Crippen LogP contribution in [0.4, 0.5) is 0 Å². The van der Waals surface area contributed by atoms with Gasteiger partial charge in [0, 0.05) is 53.3 Å². The second-order valence-electron chi connectivity index (χ2n) is 9.18. The smallest absolute Gasteiger partial charge is 0.0535 e. The maximum Gasteiger partial charge on any atom is 0.0535 e. The Bertz CT molecular complexity index is 948. The first-order valence-electron chi connectivity index (χ1n) is 11.0. The third-order valence-electron chi connectivity index (χ3n) is 6.73. The van der Waals surface area contributed by atoms with Crippen LogP contribution < -0.4 is 0 Å². The first kappa shape index (κ1) is 21.4. The molecule has 1 saturated heterocycles. The van der Waals surface area contributed by atoms with E-state index in [9.17, 15) is 0 Å². The fraction of sp³-hybridized carbons (Fsp3) is 0.520. The molecular formula is C25H33N3OS. The van der Waals surface area contributed by atoms with Crippen molar-refractivity contribution in [2.24, 2.45) is 5.41 Å². The Hall–Kier alpha value is -1.82. The number of hydrogen-bond acceptors (Lipinski definition) is 5. The van der Waals surface area contributed by atoms with E-state index in [1.165, 1.54) is 26.9 Å². The summed E-state index contributed by atoms with van der Waals surface area (Å²) in [5.74, 6) is 0. The van der Waals surface area contributed by atoms with E-state index < -0.39 is 0 Å². The van der Waals surface area contributed by atoms with Crippen LogP contribution in [-0.4, -0.2) is 41.2 Å². The van der Waals surface area contributed by atoms with Crippen molar-refractivity contribution in [2.45, 2.75) is 52.5 Å². The van der Waals surface area contributed by atoms with Gasteiger partial charge in [-0.3, -0.25) is 14.9 Å². The summed E-state index contributed by atoms with van der Waals surface area (Å²) in [6.07, 6.45) is 9.35. The molecule has 1 atom stereocenters. The third-order valence-corrected chi connectivity index (χ3v) is 7.88. The molecule has 1 unspecified atom stereocenters. The monoisotopic (exact) mass is 423 g/mol. The number of rotatable bonds is 8. The van der Waals surface area contributed by atoms with Crippen LogP contribution in [0.5, 0.6) is 0 Å². The Morgan fingerprint density at radius 3 is 2.83 bits per heavy atom. The minimum Gasteiger partial charge on any atom is -0.381 e. The number of fused-ring (bicyclic) bond motifs is 1. The van der Waals surface area contributed by atoms with Crippen molar-refractivity contribution < 1.29 is 4.74 Å². The molecule has 0 spiro atoms. The highest BCUT2D eigenvalue weighted by Gasteiger charge is 2.43. The predicted octanol–water partition coefficient (Wildman–Crippen LogP) is 5.60. The first-order chi connectivity index (χ1) is 14.4. The lowest BCUT2D eigenvalue weighted by Crippen LogP contribution is -2.42. The maximum absolute atomic E-state index is 6.00. The van der Waals surface area contributed by atoms with E-state index in [1.54, 1.807) is 0 Å². The molecule has 1 aliphatic heterocycles. The lowest BCUT2D eigenvalue weighted by atomic mass is 9.82. The largest absolute Gasteiger partial charge is 0.381 e. The normalized spacial score (nSPS) is 20.3. The van der Waals surface area contributed by atoms with Crippen molar-refractivity contribution in [3.63, 3.8) is 0 Å². The van der Waals surface area contributed by atoms with Gasteiger partial charge in [-0.15, -0.1) is 11.3 Å². The number of likely N-dealkylation sites (tertiary alicyclic amines) is 1. The molecule has 0 bridgehead atoms. The summed E-state index contributed by atoms with van der Waals surface area (Å²) in [5, 5.41) is 1.31. The number of ether oxygens (including phenoxy) is 1. The summed E-state index contributed by atoms with van der Waals surface area (Å²) in [6.45, 7) is 12.6. The fourth-order valence-electron chi connectivity index (χ4n) is 4.59. The molecule has 3 aromatic rings. The van der Waals surface area contributed by atoms with Gasteiger partial charge in [0.05, 0.1) is 11.3 Å². The van der Waals surface area contributed by atoms with Crippen molar-refractivity contribution >= 4 is 21.4 Å². The molecule has 0 aliphatic carbocycles. The lowest BCUT2D eigenvalue weighted by molar-refractivity contribution is 0.0386. The maximum atomic E-state index is 6.00. The number of nitrogens with zero attached hydrogens (tertiary/aromatic N) is 3. The van der Waals surface area contributed by atoms with Crippen LogP contribution in [0.25, 0.3) is 10.1 Å². The molecule has 0 radical (unpaired) electrons. The zero-order valence-corrected chi connectivity index (χ0v) is 19.5. The molecule has 0 amide bonds. The van der Waals surface area contributed by atoms with E-state index in [0.717, 1.165) is 44.8 Å². The van der Waals surface area contributed by atoms with Crippen molar-refractivity contribution in [1.82, 2.24) is 14.9 Å². The second-order valence-corrected chi connectivity index (χ2v) is 10.4. The van der Waals surface area contributed by atoms with Crippen LogP contribution in [0.3, 0.4) is 0 Å². The van der Waals surface area contributed by atoms with E-state index >= 15 is 0 Å². The van der Waals surface area contributed by atoms with E-state index in [4.69, 9.17) is 4.74 Å². The summed E-state index contributed by atoms with van der Waals surface area (Å²) in [5.41, 5.74) is 2.54. The summed E-state index contributed by atoms with van der Waals surface area (Å²) < 4.78 is 7.29. The molecule has 0 aromatic carbocycles. The van der Waals surface area contributed by atoms with Crippen molar-refractivity contribution in [2.75, 3.05) is 26.3 Å². The van der Waals surface area contributed by atoms with Crippen LogP contribution in [-0.2, 0) is 16.7 Å². The molecule has 4 nitrogen and oxygen atoms in total. The van der Waals surface area contributed by atoms with E-state index in [0.29, 0.717) is 0 Å². The van der Waals surface area contributed by atoms with E-state index in [1.807, 2.05) is 36.9 Å². The number of aromatic nitrogens is 2. The fourth-order valence-corrected chi connectivity index (χ4v) is 5.62. The van der Waals surface area contributed by atoms with Crippen LogP contribution >= 0.6 is 11.3 Å². The van der Waals surface area contributed by atoms with Gasteiger partial charge in [0.1, 0.15) is 0 Å². The highest BCUT2D eigenvalue weighted by Crippen LogP contribution is 2.42. The SMILES string of the molecule is CCOCC1(CCc2cc3ccncc3s2)CCN(C(C)(C)c2ccc(C)nc2)C1. The first-order valence-corrected chi connectivity index (χ1v) is 11.8. The van der Waals surface area contributed by atoms with Gasteiger partial charge in [-0.25, -0.2) is 0 Å². The highest BCUT2D eigenvalue weighted by molar-refractivity contribution is 7.19. The van der Waals surface area contributed by atoms with Gasteiger partial charge in [-0.2, -0.15) is 0 Å². The highest BCUT2D eigenvalue weighted by atomic mass is 32.1. The Balaban J connectivity index is 1.50. The van der Waals surface area contributed by atoms with Gasteiger partial charge >= 0.3 is 0 Å². The molecule has 5 heteroatoms. The van der Waals surface area contributed by atoms with Gasteiger partial charge in [0.25, 0.3) is 0 Å². The number of hydrogen-bond donors (Lipinski definition) is 0. The average Bonchev–Trinajstić information content (AvgIpc) is 3.36. The Morgan fingerprint density at radius 1 is 1.23 bits per heavy atom. The van der Waals surface area contributed by atoms with Crippen LogP contribution in [0.15, 0.2) is 42.9 Å². The minimum atomic E-state index is -0.0298. The summed E-state index contributed by atoms with van der Waals surface area (Å²) in [7, 11) is 0. The van der Waals surface area contributed by atoms with Gasteiger partial charge in [0.2, 0.25) is 0 Å². The van der Waals surface area contributed by atoms with Gasteiger partial charge in [-0.05, 0) is 82.7 Å². The average molecular weight is 424 g/mol. The number of aryl methyl sites for hydroxylation is 2. The van der Waals surface area contributed by atoms with Crippen molar-refractivity contribution in [3.8, 4) is 0 Å². The quantitative estimate of drug-likeness (QED) is 0.473. The summed E-state index contributed by atoms with van der Waals surface area (Å²) in [6, 6.07) is 8.80. The van der Waals surface area contributed by atoms with Crippen molar-refractivity contribution in [1.29, 1.82) is 0 Å². The van der Waals surface area contributed by atoms with E-state index in [2.05, 4.69) is 59.9 Å². The summed E-state index contributed by atoms with van der Waals surface area (Å²) >= 11 is 1.88. The molecule has 3 aromatic heterocycles. The number of pyridine rings is 2. The van der Waals surface area contributed by atoms with Gasteiger partial charge < -0.3 is 4.74 Å². The topological polar surface area (TPSA) is 38.2 Å².